The number of sulfone groups is 1. The van der Waals surface area contributed by atoms with E-state index in [1.54, 1.807) is 13.0 Å². The zero-order chi connectivity index (χ0) is 32.3. The lowest BCUT2D eigenvalue weighted by Gasteiger charge is -2.41. The summed E-state index contributed by atoms with van der Waals surface area (Å²) in [5.74, 6) is -0.849. The summed E-state index contributed by atoms with van der Waals surface area (Å²) in [6.45, 7) is 10.9. The molecule has 44 heavy (non-hydrogen) atoms. The highest BCUT2D eigenvalue weighted by Gasteiger charge is 2.46. The van der Waals surface area contributed by atoms with E-state index < -0.39 is 56.6 Å². The summed E-state index contributed by atoms with van der Waals surface area (Å²) in [5.41, 5.74) is -2.25. The van der Waals surface area contributed by atoms with Crippen LogP contribution < -0.4 is 10.2 Å². The van der Waals surface area contributed by atoms with Gasteiger partial charge in [-0.2, -0.15) is 18.4 Å². The fourth-order valence-corrected chi connectivity index (χ4v) is 5.55. The maximum atomic E-state index is 14.1. The molecule has 0 saturated carbocycles. The Kier molecular flexibility index (Phi) is 10.9. The fraction of sp³-hybridized carbons (Fsp3) is 0.345. The van der Waals surface area contributed by atoms with Gasteiger partial charge in [0.25, 0.3) is 0 Å². The van der Waals surface area contributed by atoms with E-state index in [4.69, 9.17) is 11.3 Å². The fourth-order valence-electron chi connectivity index (χ4n) is 4.60. The highest BCUT2D eigenvalue weighted by atomic mass is 32.2. The number of nitrogens with one attached hydrogen (secondary N) is 1. The van der Waals surface area contributed by atoms with Crippen molar-refractivity contribution in [2.45, 2.75) is 57.3 Å². The van der Waals surface area contributed by atoms with E-state index in [1.165, 1.54) is 25.1 Å². The lowest BCUT2D eigenvalue weighted by Crippen LogP contribution is -2.57. The number of carbonyl (C=O) groups excluding carboxylic acids is 3. The molecule has 3 rings (SSSR count). The first-order valence-electron chi connectivity index (χ1n) is 12.6. The van der Waals surface area contributed by atoms with Gasteiger partial charge in [0, 0.05) is 17.6 Å². The predicted molar refractivity (Wildman–Crippen MR) is 153 cm³/mol. The molecule has 2 atom stereocenters. The zero-order valence-corrected chi connectivity index (χ0v) is 24.2. The van der Waals surface area contributed by atoms with Crippen molar-refractivity contribution in [1.82, 2.24) is 10.2 Å². The summed E-state index contributed by atoms with van der Waals surface area (Å²) in [6.07, 6.45) is -3.47. The van der Waals surface area contributed by atoms with Crippen LogP contribution in [0.3, 0.4) is 0 Å². The Labute approximate surface area is 253 Å². The third-order valence-corrected chi connectivity index (χ3v) is 7.74. The number of rotatable bonds is 7. The molecule has 0 saturated heterocycles. The van der Waals surface area contributed by atoms with Gasteiger partial charge >= 0.3 is 24.2 Å². The number of urea groups is 2. The van der Waals surface area contributed by atoms with E-state index in [9.17, 15) is 41.2 Å². The summed E-state index contributed by atoms with van der Waals surface area (Å²) in [7, 11) is -3.04. The van der Waals surface area contributed by atoms with Crippen molar-refractivity contribution < 1.29 is 40.7 Å². The van der Waals surface area contributed by atoms with Crippen LogP contribution in [0.1, 0.15) is 56.8 Å². The van der Waals surface area contributed by atoms with E-state index in [1.807, 2.05) is 0 Å². The molecule has 234 valence electrons. The number of ether oxygens (including phenoxy) is 1. The van der Waals surface area contributed by atoms with Gasteiger partial charge in [0.1, 0.15) is 12.1 Å². The number of hydrogen-bond acceptors (Lipinski definition) is 7. The predicted octanol–water partition coefficient (Wildman–Crippen LogP) is 5.80. The quantitative estimate of drug-likeness (QED) is 0.300. The van der Waals surface area contributed by atoms with Crippen molar-refractivity contribution in [3.63, 3.8) is 0 Å². The Morgan fingerprint density at radius 2 is 1.89 bits per heavy atom. The first-order valence-corrected chi connectivity index (χ1v) is 14.5. The number of hydrogen-bond donors (Lipinski definition) is 1. The van der Waals surface area contributed by atoms with Crippen molar-refractivity contribution in [3.05, 3.63) is 82.0 Å². The van der Waals surface area contributed by atoms with Gasteiger partial charge in [-0.25, -0.2) is 32.5 Å². The van der Waals surface area contributed by atoms with Crippen molar-refractivity contribution >= 4 is 33.6 Å². The molecule has 0 bridgehead atoms. The number of nitriles is 1. The Hall–Kier alpha value is -4.89. The van der Waals surface area contributed by atoms with E-state index in [2.05, 4.69) is 10.2 Å². The molecule has 15 heteroatoms. The van der Waals surface area contributed by atoms with Gasteiger partial charge in [-0.1, -0.05) is 32.9 Å². The third kappa shape index (κ3) is 7.01. The van der Waals surface area contributed by atoms with Crippen LogP contribution in [-0.4, -0.2) is 50.8 Å². The largest absolute Gasteiger partial charge is 0.467 e. The van der Waals surface area contributed by atoms with E-state index >= 15 is 0 Å². The minimum absolute atomic E-state index is 0. The third-order valence-electron chi connectivity index (χ3n) is 6.59. The summed E-state index contributed by atoms with van der Waals surface area (Å²) in [5, 5.41) is 11.7. The number of methoxy groups -OCH3 is 1. The topological polar surface area (TPSA) is 141 Å². The molecule has 2 aromatic rings. The van der Waals surface area contributed by atoms with Crippen LogP contribution in [0, 0.1) is 17.9 Å². The minimum Gasteiger partial charge on any atom is -0.467 e. The summed E-state index contributed by atoms with van der Waals surface area (Å²) in [4.78, 5) is 44.5. The van der Waals surface area contributed by atoms with Gasteiger partial charge in [-0.3, -0.25) is 4.90 Å². The monoisotopic (exact) mass is 633 g/mol. The number of imide groups is 1. The van der Waals surface area contributed by atoms with Crippen LogP contribution in [-0.2, 0) is 25.5 Å². The van der Waals surface area contributed by atoms with Crippen molar-refractivity contribution in [2.24, 2.45) is 0 Å². The normalized spacial score (nSPS) is 15.9. The zero-order valence-electron chi connectivity index (χ0n) is 23.4. The first-order chi connectivity index (χ1) is 20.1. The number of esters is 1. The molecule has 0 spiro atoms. The Morgan fingerprint density at radius 3 is 2.41 bits per heavy atom. The minimum atomic E-state index is -4.78. The van der Waals surface area contributed by atoms with Crippen molar-refractivity contribution in [3.8, 4) is 6.07 Å². The van der Waals surface area contributed by atoms with Gasteiger partial charge in [0.05, 0.1) is 35.8 Å². The van der Waals surface area contributed by atoms with Crippen LogP contribution in [0.5, 0.6) is 0 Å². The highest BCUT2D eigenvalue weighted by Crippen LogP contribution is 2.43. The molecule has 2 aromatic carbocycles. The van der Waals surface area contributed by atoms with Crippen molar-refractivity contribution in [2.75, 3.05) is 18.3 Å². The second-order valence-corrected chi connectivity index (χ2v) is 11.5. The van der Waals surface area contributed by atoms with Gasteiger partial charge < -0.3 is 10.1 Å². The first kappa shape index (κ1) is 35.3. The van der Waals surface area contributed by atoms with Crippen LogP contribution >= 0.6 is 0 Å². The van der Waals surface area contributed by atoms with Gasteiger partial charge in [0.15, 0.2) is 9.84 Å². The number of halogens is 3. The van der Waals surface area contributed by atoms with Crippen LogP contribution in [0.2, 0.25) is 0 Å². The number of carbonyl (C=O) groups is 3. The summed E-state index contributed by atoms with van der Waals surface area (Å²) >= 11 is 0. The molecule has 0 aliphatic carbocycles. The molecule has 1 aliphatic heterocycles. The molecule has 11 nitrogen and oxygen atoms in total. The van der Waals surface area contributed by atoms with Crippen LogP contribution in [0.15, 0.2) is 58.8 Å². The maximum absolute atomic E-state index is 14.1. The van der Waals surface area contributed by atoms with Crippen LogP contribution in [0.4, 0.5) is 28.4 Å². The van der Waals surface area contributed by atoms with Crippen LogP contribution in [0.25, 0.3) is 4.85 Å². The number of benzene rings is 2. The Bertz CT molecular complexity index is 1690. The van der Waals surface area contributed by atoms with Gasteiger partial charge in [0.2, 0.25) is 5.70 Å². The SMILES string of the molecule is C.[C-]#[N+]C1=C(C)N(c2cccc(C(F)(F)F)c2)C(=O)N(C(=O)N[C@@H](CCC)C(=O)OC)[C@@H]1c1ccc(C#N)cc1S(C)(=O)=O. The van der Waals surface area contributed by atoms with E-state index in [0.29, 0.717) is 17.4 Å². The molecular formula is C29H30F3N5O6S. The van der Waals surface area contributed by atoms with Gasteiger partial charge in [-0.05, 0) is 49.2 Å². The molecule has 0 fully saturated rings. The average molecular weight is 634 g/mol. The molecule has 0 unspecified atom stereocenters. The molecule has 1 N–H and O–H groups in total. The number of allylic oxidation sites excluding steroid dienone is 1. The summed E-state index contributed by atoms with van der Waals surface area (Å²) in [6, 6.07) is 3.47. The number of alkyl halides is 3. The van der Waals surface area contributed by atoms with E-state index in [0.717, 1.165) is 36.5 Å². The lowest BCUT2D eigenvalue weighted by molar-refractivity contribution is -0.143. The molecule has 0 radical (unpaired) electrons. The molecular weight excluding hydrogens is 603 g/mol. The number of anilines is 1. The molecule has 1 aliphatic rings. The number of nitrogens with zero attached hydrogens (tertiary/aromatic N) is 4. The molecule has 1 heterocycles. The number of amides is 4. The lowest BCUT2D eigenvalue weighted by atomic mass is 9.97. The van der Waals surface area contributed by atoms with Gasteiger partial charge in [-0.15, -0.1) is 0 Å². The average Bonchev–Trinajstić information content (AvgIpc) is 2.95. The highest BCUT2D eigenvalue weighted by molar-refractivity contribution is 7.90. The Morgan fingerprint density at radius 1 is 1.23 bits per heavy atom. The summed E-state index contributed by atoms with van der Waals surface area (Å²) < 4.78 is 71.0. The Balaban J connectivity index is 0.00000675. The standard InChI is InChI=1S/C28H26F3N5O6S.CH4/c1-6-8-21(25(37)42-4)34-26(38)36-24(20-12-11-17(15-32)13-22(20)43(5,40)41)23(33-3)16(2)35(27(36)39)19-10-7-9-18(14-19)28(29,30)31;/h7,9-14,21,24H,6,8H2,1-2,4-5H3,(H,34,38);1H4/t21-,24+;/m0./s1. The maximum Gasteiger partial charge on any atom is 0.416 e. The molecule has 4 amide bonds. The molecule has 0 aromatic heterocycles. The smallest absolute Gasteiger partial charge is 0.416 e. The second-order valence-electron chi connectivity index (χ2n) is 9.47. The van der Waals surface area contributed by atoms with E-state index in [-0.39, 0.29) is 42.1 Å². The second kappa shape index (κ2) is 13.6. The van der Waals surface area contributed by atoms with Crippen molar-refractivity contribution in [1.29, 1.82) is 5.26 Å².